The van der Waals surface area contributed by atoms with E-state index in [-0.39, 0.29) is 11.9 Å². The minimum atomic E-state index is -0.0452. The van der Waals surface area contributed by atoms with E-state index in [1.54, 1.807) is 18.4 Å². The zero-order chi connectivity index (χ0) is 19.9. The maximum absolute atomic E-state index is 12.3. The molecule has 2 aromatic heterocycles. The van der Waals surface area contributed by atoms with Crippen molar-refractivity contribution in [1.29, 1.82) is 0 Å². The molecule has 0 aliphatic heterocycles. The largest absolute Gasteiger partial charge is 0.497 e. The zero-order valence-corrected chi connectivity index (χ0v) is 17.0. The molecule has 0 spiro atoms. The average molecular weight is 401 g/mol. The second kappa shape index (κ2) is 9.48. The highest BCUT2D eigenvalue weighted by Gasteiger charge is 2.16. The second-order valence-electron chi connectivity index (χ2n) is 6.55. The number of thiophene rings is 1. The lowest BCUT2D eigenvalue weighted by Crippen LogP contribution is -2.34. The van der Waals surface area contributed by atoms with Gasteiger partial charge in [-0.05, 0) is 43.2 Å². The van der Waals surface area contributed by atoms with Crippen molar-refractivity contribution in [3.63, 3.8) is 0 Å². The standard InChI is InChI=1S/C20H24N4O3S/c1-24(2)16(14-6-8-15(26-3)9-7-14)13-21-18(25)10-11-19-22-20(23-27-19)17-5-4-12-28-17/h4-9,12,16H,10-11,13H2,1-3H3,(H,21,25). The highest BCUT2D eigenvalue weighted by atomic mass is 32.1. The Kier molecular flexibility index (Phi) is 6.78. The molecule has 1 N–H and O–H groups in total. The van der Waals surface area contributed by atoms with Gasteiger partial charge in [-0.3, -0.25) is 4.79 Å². The van der Waals surface area contributed by atoms with E-state index >= 15 is 0 Å². The molecule has 1 aromatic carbocycles. The van der Waals surface area contributed by atoms with E-state index in [2.05, 4.69) is 20.4 Å². The van der Waals surface area contributed by atoms with Gasteiger partial charge in [-0.2, -0.15) is 4.98 Å². The first-order valence-corrected chi connectivity index (χ1v) is 9.88. The minimum Gasteiger partial charge on any atom is -0.497 e. The van der Waals surface area contributed by atoms with Crippen LogP contribution in [0.1, 0.15) is 23.9 Å². The molecule has 8 heteroatoms. The van der Waals surface area contributed by atoms with E-state index in [1.165, 1.54) is 0 Å². The van der Waals surface area contributed by atoms with Crippen molar-refractivity contribution in [2.45, 2.75) is 18.9 Å². The first-order chi connectivity index (χ1) is 13.6. The molecule has 1 unspecified atom stereocenters. The summed E-state index contributed by atoms with van der Waals surface area (Å²) in [4.78, 5) is 19.6. The molecular weight excluding hydrogens is 376 g/mol. The number of nitrogens with one attached hydrogen (secondary N) is 1. The minimum absolute atomic E-state index is 0.0452. The van der Waals surface area contributed by atoms with Gasteiger partial charge in [0.2, 0.25) is 17.6 Å². The van der Waals surface area contributed by atoms with Crippen LogP contribution in [-0.2, 0) is 11.2 Å². The van der Waals surface area contributed by atoms with E-state index in [4.69, 9.17) is 9.26 Å². The number of nitrogens with zero attached hydrogens (tertiary/aromatic N) is 3. The van der Waals surface area contributed by atoms with Crippen molar-refractivity contribution in [2.24, 2.45) is 0 Å². The molecule has 3 aromatic rings. The van der Waals surface area contributed by atoms with Gasteiger partial charge in [0.25, 0.3) is 0 Å². The normalized spacial score (nSPS) is 12.1. The van der Waals surface area contributed by atoms with E-state index in [1.807, 2.05) is 55.9 Å². The van der Waals surface area contributed by atoms with E-state index < -0.39 is 0 Å². The van der Waals surface area contributed by atoms with Gasteiger partial charge >= 0.3 is 0 Å². The van der Waals surface area contributed by atoms with Gasteiger partial charge in [0.05, 0.1) is 18.0 Å². The molecule has 3 rings (SSSR count). The van der Waals surface area contributed by atoms with Crippen molar-refractivity contribution in [1.82, 2.24) is 20.4 Å². The third-order valence-corrected chi connectivity index (χ3v) is 5.26. The van der Waals surface area contributed by atoms with E-state index in [0.717, 1.165) is 16.2 Å². The Labute approximate surface area is 168 Å². The topological polar surface area (TPSA) is 80.5 Å². The molecule has 0 bridgehead atoms. The van der Waals surface area contributed by atoms with Crippen LogP contribution in [0.25, 0.3) is 10.7 Å². The van der Waals surface area contributed by atoms with Crippen LogP contribution in [0.5, 0.6) is 5.75 Å². The molecular formula is C20H24N4O3S. The van der Waals surface area contributed by atoms with Crippen molar-refractivity contribution >= 4 is 17.2 Å². The number of carbonyl (C=O) groups excluding carboxylic acids is 1. The SMILES string of the molecule is COc1ccc(C(CNC(=O)CCc2nc(-c3cccs3)no2)N(C)C)cc1. The lowest BCUT2D eigenvalue weighted by Gasteiger charge is -2.25. The Balaban J connectivity index is 1.50. The highest BCUT2D eigenvalue weighted by molar-refractivity contribution is 7.13. The van der Waals surface area contributed by atoms with Gasteiger partial charge < -0.3 is 19.5 Å². The number of ether oxygens (including phenoxy) is 1. The summed E-state index contributed by atoms with van der Waals surface area (Å²) < 4.78 is 10.4. The molecule has 0 saturated heterocycles. The maximum Gasteiger partial charge on any atom is 0.227 e. The predicted molar refractivity (Wildman–Crippen MR) is 108 cm³/mol. The Hall–Kier alpha value is -2.71. The molecule has 0 radical (unpaired) electrons. The summed E-state index contributed by atoms with van der Waals surface area (Å²) in [6.45, 7) is 0.516. The van der Waals surface area contributed by atoms with Crippen LogP contribution >= 0.6 is 11.3 Å². The van der Waals surface area contributed by atoms with Crippen molar-refractivity contribution in [2.75, 3.05) is 27.7 Å². The van der Waals surface area contributed by atoms with Crippen LogP contribution in [0.15, 0.2) is 46.3 Å². The summed E-state index contributed by atoms with van der Waals surface area (Å²) in [6.07, 6.45) is 0.716. The van der Waals surface area contributed by atoms with Crippen LogP contribution in [0.2, 0.25) is 0 Å². The Morgan fingerprint density at radius 1 is 1.29 bits per heavy atom. The van der Waals surface area contributed by atoms with Gasteiger partial charge in [-0.15, -0.1) is 11.3 Å². The maximum atomic E-state index is 12.3. The van der Waals surface area contributed by atoms with Crippen LogP contribution in [0, 0.1) is 0 Å². The number of benzene rings is 1. The monoisotopic (exact) mass is 400 g/mol. The van der Waals surface area contributed by atoms with Crippen LogP contribution < -0.4 is 10.1 Å². The molecule has 0 saturated carbocycles. The van der Waals surface area contributed by atoms with Crippen molar-refractivity contribution < 1.29 is 14.1 Å². The Morgan fingerprint density at radius 2 is 2.07 bits per heavy atom. The third kappa shape index (κ3) is 5.17. The first kappa shape index (κ1) is 20.0. The highest BCUT2D eigenvalue weighted by Crippen LogP contribution is 2.22. The number of aromatic nitrogens is 2. The fraction of sp³-hybridized carbons (Fsp3) is 0.350. The lowest BCUT2D eigenvalue weighted by molar-refractivity contribution is -0.121. The molecule has 2 heterocycles. The number of hydrogen-bond acceptors (Lipinski definition) is 7. The van der Waals surface area contributed by atoms with Crippen LogP contribution in [0.3, 0.4) is 0 Å². The van der Waals surface area contributed by atoms with Gasteiger partial charge in [0.15, 0.2) is 0 Å². The van der Waals surface area contributed by atoms with Gasteiger partial charge in [0.1, 0.15) is 5.75 Å². The first-order valence-electron chi connectivity index (χ1n) is 9.00. The average Bonchev–Trinajstić information content (AvgIpc) is 3.38. The Bertz CT molecular complexity index is 875. The summed E-state index contributed by atoms with van der Waals surface area (Å²) in [5, 5.41) is 8.92. The summed E-state index contributed by atoms with van der Waals surface area (Å²) in [6, 6.07) is 11.8. The summed E-state index contributed by atoms with van der Waals surface area (Å²) in [7, 11) is 5.63. The molecule has 7 nitrogen and oxygen atoms in total. The molecule has 0 fully saturated rings. The number of amides is 1. The predicted octanol–water partition coefficient (Wildman–Crippen LogP) is 3.16. The van der Waals surface area contributed by atoms with Gasteiger partial charge in [-0.1, -0.05) is 23.4 Å². The van der Waals surface area contributed by atoms with Crippen molar-refractivity contribution in [3.05, 3.63) is 53.2 Å². The summed E-state index contributed by atoms with van der Waals surface area (Å²) >= 11 is 1.55. The number of aryl methyl sites for hydroxylation is 1. The summed E-state index contributed by atoms with van der Waals surface area (Å²) in [5.74, 6) is 1.80. The fourth-order valence-corrected chi connectivity index (χ4v) is 3.46. The lowest BCUT2D eigenvalue weighted by atomic mass is 10.1. The smallest absolute Gasteiger partial charge is 0.227 e. The molecule has 148 valence electrons. The number of hydrogen-bond donors (Lipinski definition) is 1. The van der Waals surface area contributed by atoms with Gasteiger partial charge in [-0.25, -0.2) is 0 Å². The molecule has 0 aliphatic rings. The van der Waals surface area contributed by atoms with E-state index in [0.29, 0.717) is 31.1 Å². The van der Waals surface area contributed by atoms with Crippen LogP contribution in [0.4, 0.5) is 0 Å². The molecule has 1 amide bonds. The number of likely N-dealkylation sites (N-methyl/N-ethyl adjacent to an activating group) is 1. The third-order valence-electron chi connectivity index (χ3n) is 4.39. The van der Waals surface area contributed by atoms with Gasteiger partial charge in [0, 0.05) is 19.4 Å². The molecule has 28 heavy (non-hydrogen) atoms. The molecule has 1 atom stereocenters. The van der Waals surface area contributed by atoms with Crippen LogP contribution in [-0.4, -0.2) is 48.7 Å². The van der Waals surface area contributed by atoms with E-state index in [9.17, 15) is 4.79 Å². The zero-order valence-electron chi connectivity index (χ0n) is 16.2. The Morgan fingerprint density at radius 3 is 2.71 bits per heavy atom. The number of methoxy groups -OCH3 is 1. The number of rotatable bonds is 9. The van der Waals surface area contributed by atoms with Crippen molar-refractivity contribution in [3.8, 4) is 16.5 Å². The second-order valence-corrected chi connectivity index (χ2v) is 7.49. The summed E-state index contributed by atoms with van der Waals surface area (Å²) in [5.41, 5.74) is 1.11. The fourth-order valence-electron chi connectivity index (χ4n) is 2.81. The number of carbonyl (C=O) groups is 1. The quantitative estimate of drug-likeness (QED) is 0.594. The molecule has 0 aliphatic carbocycles.